The number of nitrogens with zero attached hydrogens (tertiary/aromatic N) is 1. The molecule has 0 amide bonds. The highest BCUT2D eigenvalue weighted by atomic mass is 16.4. The molecule has 1 heterocycles. The molecule has 15 heavy (non-hydrogen) atoms. The Hall–Kier alpha value is -1.58. The first-order valence-corrected chi connectivity index (χ1v) is 5.10. The van der Waals surface area contributed by atoms with Gasteiger partial charge in [-0.25, -0.2) is 9.78 Å². The Morgan fingerprint density at radius 2 is 2.47 bits per heavy atom. The lowest BCUT2D eigenvalue weighted by molar-refractivity contribution is 0.0690. The molecule has 4 nitrogen and oxygen atoms in total. The van der Waals surface area contributed by atoms with Crippen LogP contribution in [0.25, 0.3) is 0 Å². The number of aromatic carboxylic acids is 1. The molecule has 2 atom stereocenters. The summed E-state index contributed by atoms with van der Waals surface area (Å²) in [4.78, 5) is 14.4. The Morgan fingerprint density at radius 1 is 1.73 bits per heavy atom. The minimum Gasteiger partial charge on any atom is -0.477 e. The molecule has 0 saturated heterocycles. The molecule has 1 aliphatic carbocycles. The zero-order valence-corrected chi connectivity index (χ0v) is 8.60. The van der Waals surface area contributed by atoms with Gasteiger partial charge in [0.15, 0.2) is 0 Å². The number of aromatic nitrogens is 1. The SMILES string of the molecule is CC1CC1CNc1ccnc(C(=O)O)c1. The van der Waals surface area contributed by atoms with Crippen molar-refractivity contribution >= 4 is 11.7 Å². The molecule has 2 N–H and O–H groups in total. The smallest absolute Gasteiger partial charge is 0.354 e. The van der Waals surface area contributed by atoms with E-state index in [9.17, 15) is 4.79 Å². The predicted octanol–water partition coefficient (Wildman–Crippen LogP) is 1.85. The molecule has 0 bridgehead atoms. The molecular formula is C11H14N2O2. The second-order valence-corrected chi connectivity index (χ2v) is 4.09. The van der Waals surface area contributed by atoms with Crippen molar-refractivity contribution in [3.8, 4) is 0 Å². The van der Waals surface area contributed by atoms with Gasteiger partial charge in [0.25, 0.3) is 0 Å². The van der Waals surface area contributed by atoms with E-state index in [-0.39, 0.29) is 5.69 Å². The Bertz CT molecular complexity index is 379. The van der Waals surface area contributed by atoms with E-state index < -0.39 is 5.97 Å². The molecule has 1 saturated carbocycles. The summed E-state index contributed by atoms with van der Waals surface area (Å²) in [5.41, 5.74) is 0.922. The van der Waals surface area contributed by atoms with Gasteiger partial charge in [0.2, 0.25) is 0 Å². The standard InChI is InChI=1S/C11H14N2O2/c1-7-4-8(7)6-13-9-2-3-12-10(5-9)11(14)15/h2-3,5,7-8H,4,6H2,1H3,(H,12,13)(H,14,15). The van der Waals surface area contributed by atoms with Crippen LogP contribution in [0.15, 0.2) is 18.3 Å². The maximum Gasteiger partial charge on any atom is 0.354 e. The van der Waals surface area contributed by atoms with Crippen LogP contribution in [0.5, 0.6) is 0 Å². The molecule has 0 spiro atoms. The Labute approximate surface area is 88.3 Å². The third kappa shape index (κ3) is 2.46. The second kappa shape index (κ2) is 3.88. The zero-order valence-electron chi connectivity index (χ0n) is 8.60. The van der Waals surface area contributed by atoms with Crippen molar-refractivity contribution < 1.29 is 9.90 Å². The van der Waals surface area contributed by atoms with Gasteiger partial charge in [0.05, 0.1) is 0 Å². The van der Waals surface area contributed by atoms with Crippen molar-refractivity contribution in [2.75, 3.05) is 11.9 Å². The fourth-order valence-electron chi connectivity index (χ4n) is 1.59. The molecule has 2 unspecified atom stereocenters. The van der Waals surface area contributed by atoms with E-state index in [4.69, 9.17) is 5.11 Å². The van der Waals surface area contributed by atoms with E-state index >= 15 is 0 Å². The van der Waals surface area contributed by atoms with Gasteiger partial charge >= 0.3 is 5.97 Å². The highest BCUT2D eigenvalue weighted by molar-refractivity contribution is 5.86. The highest BCUT2D eigenvalue weighted by Gasteiger charge is 2.31. The number of hydrogen-bond acceptors (Lipinski definition) is 3. The number of anilines is 1. The van der Waals surface area contributed by atoms with Crippen LogP contribution in [0.3, 0.4) is 0 Å². The summed E-state index contributed by atoms with van der Waals surface area (Å²) in [6, 6.07) is 3.36. The first-order chi connectivity index (χ1) is 7.16. The zero-order chi connectivity index (χ0) is 10.8. The Kier molecular flexibility index (Phi) is 2.58. The Balaban J connectivity index is 1.95. The lowest BCUT2D eigenvalue weighted by atomic mass is 10.3. The van der Waals surface area contributed by atoms with Crippen molar-refractivity contribution in [2.24, 2.45) is 11.8 Å². The lowest BCUT2D eigenvalue weighted by Crippen LogP contribution is -2.06. The fourth-order valence-corrected chi connectivity index (χ4v) is 1.59. The fraction of sp³-hybridized carbons (Fsp3) is 0.455. The highest BCUT2D eigenvalue weighted by Crippen LogP contribution is 2.37. The summed E-state index contributed by atoms with van der Waals surface area (Å²) in [5, 5.41) is 12.0. The summed E-state index contributed by atoms with van der Waals surface area (Å²) >= 11 is 0. The average Bonchev–Trinajstić information content (AvgIpc) is 2.92. The molecule has 0 radical (unpaired) electrons. The van der Waals surface area contributed by atoms with Crippen LogP contribution in [-0.4, -0.2) is 22.6 Å². The molecule has 1 aromatic rings. The van der Waals surface area contributed by atoms with E-state index in [0.29, 0.717) is 0 Å². The van der Waals surface area contributed by atoms with Crippen LogP contribution >= 0.6 is 0 Å². The van der Waals surface area contributed by atoms with Gasteiger partial charge in [-0.3, -0.25) is 0 Å². The maximum atomic E-state index is 10.7. The topological polar surface area (TPSA) is 62.2 Å². The largest absolute Gasteiger partial charge is 0.477 e. The van der Waals surface area contributed by atoms with Gasteiger partial charge in [-0.05, 0) is 30.4 Å². The lowest BCUT2D eigenvalue weighted by Gasteiger charge is -2.05. The molecule has 0 aliphatic heterocycles. The van der Waals surface area contributed by atoms with Crippen molar-refractivity contribution in [1.82, 2.24) is 4.98 Å². The summed E-state index contributed by atoms with van der Waals surface area (Å²) in [6.45, 7) is 3.14. The van der Waals surface area contributed by atoms with Crippen LogP contribution in [-0.2, 0) is 0 Å². The number of nitrogens with one attached hydrogen (secondary N) is 1. The van der Waals surface area contributed by atoms with E-state index in [2.05, 4.69) is 17.2 Å². The van der Waals surface area contributed by atoms with Crippen LogP contribution in [0.2, 0.25) is 0 Å². The first-order valence-electron chi connectivity index (χ1n) is 5.10. The Morgan fingerprint density at radius 3 is 3.07 bits per heavy atom. The number of carboxylic acid groups (broad SMARTS) is 1. The van der Waals surface area contributed by atoms with Gasteiger partial charge in [-0.1, -0.05) is 6.92 Å². The maximum absolute atomic E-state index is 10.7. The minimum atomic E-state index is -0.988. The van der Waals surface area contributed by atoms with Crippen LogP contribution in [0.4, 0.5) is 5.69 Å². The number of carbonyl (C=O) groups is 1. The molecule has 80 valence electrons. The summed E-state index contributed by atoms with van der Waals surface area (Å²) in [6.07, 6.45) is 2.78. The van der Waals surface area contributed by atoms with Gasteiger partial charge < -0.3 is 10.4 Å². The number of carboxylic acids is 1. The summed E-state index contributed by atoms with van der Waals surface area (Å²) in [5.74, 6) is 0.558. The average molecular weight is 206 g/mol. The quantitative estimate of drug-likeness (QED) is 0.789. The number of hydrogen-bond donors (Lipinski definition) is 2. The first kappa shape index (κ1) is 9.96. The van der Waals surface area contributed by atoms with Gasteiger partial charge in [0.1, 0.15) is 5.69 Å². The molecule has 2 rings (SSSR count). The summed E-state index contributed by atoms with van der Waals surface area (Å²) in [7, 11) is 0. The van der Waals surface area contributed by atoms with E-state index in [1.807, 2.05) is 0 Å². The van der Waals surface area contributed by atoms with Crippen molar-refractivity contribution in [3.05, 3.63) is 24.0 Å². The molecule has 1 aliphatic rings. The molecule has 0 aromatic carbocycles. The molecular weight excluding hydrogens is 192 g/mol. The molecule has 1 aromatic heterocycles. The second-order valence-electron chi connectivity index (χ2n) is 4.09. The number of pyridine rings is 1. The van der Waals surface area contributed by atoms with Crippen LogP contribution in [0.1, 0.15) is 23.8 Å². The molecule has 4 heteroatoms. The van der Waals surface area contributed by atoms with Gasteiger partial charge in [-0.15, -0.1) is 0 Å². The van der Waals surface area contributed by atoms with Crippen molar-refractivity contribution in [1.29, 1.82) is 0 Å². The van der Waals surface area contributed by atoms with Crippen LogP contribution < -0.4 is 5.32 Å². The third-order valence-electron chi connectivity index (χ3n) is 2.82. The summed E-state index contributed by atoms with van der Waals surface area (Å²) < 4.78 is 0. The minimum absolute atomic E-state index is 0.0869. The normalized spacial score (nSPS) is 23.5. The van der Waals surface area contributed by atoms with Crippen molar-refractivity contribution in [3.63, 3.8) is 0 Å². The van der Waals surface area contributed by atoms with Gasteiger partial charge in [0, 0.05) is 18.4 Å². The monoisotopic (exact) mass is 206 g/mol. The van der Waals surface area contributed by atoms with E-state index in [1.54, 1.807) is 12.1 Å². The number of rotatable bonds is 4. The third-order valence-corrected chi connectivity index (χ3v) is 2.82. The van der Waals surface area contributed by atoms with E-state index in [0.717, 1.165) is 24.1 Å². The van der Waals surface area contributed by atoms with Crippen molar-refractivity contribution in [2.45, 2.75) is 13.3 Å². The van der Waals surface area contributed by atoms with Gasteiger partial charge in [-0.2, -0.15) is 0 Å². The molecule has 1 fully saturated rings. The predicted molar refractivity (Wildman–Crippen MR) is 57.0 cm³/mol. The van der Waals surface area contributed by atoms with E-state index in [1.165, 1.54) is 12.6 Å². The van der Waals surface area contributed by atoms with Crippen LogP contribution in [0, 0.1) is 11.8 Å².